The molecule has 2 aromatic carbocycles. The lowest BCUT2D eigenvalue weighted by Crippen LogP contribution is -2.53. The number of rotatable bonds is 8. The molecule has 1 aliphatic heterocycles. The number of sulfonamides is 1. The van der Waals surface area contributed by atoms with E-state index >= 15 is 0 Å². The number of hydrogen-bond acceptors (Lipinski definition) is 4. The Balaban J connectivity index is 1.66. The molecule has 1 saturated heterocycles. The summed E-state index contributed by atoms with van der Waals surface area (Å²) in [7, 11) is -3.39. The third kappa shape index (κ3) is 6.04. The third-order valence-electron chi connectivity index (χ3n) is 5.37. The van der Waals surface area contributed by atoms with E-state index in [1.165, 1.54) is 0 Å². The molecular weight excluding hydrogens is 424 g/mol. The van der Waals surface area contributed by atoms with E-state index in [1.54, 1.807) is 10.4 Å². The molecule has 0 unspecified atom stereocenters. The van der Waals surface area contributed by atoms with Crippen LogP contribution in [0.5, 0.6) is 0 Å². The van der Waals surface area contributed by atoms with Gasteiger partial charge in [0, 0.05) is 43.7 Å². The summed E-state index contributed by atoms with van der Waals surface area (Å²) in [5.41, 5.74) is 2.75. The van der Waals surface area contributed by atoms with Crippen LogP contribution in [0, 0.1) is 0 Å². The zero-order valence-electron chi connectivity index (χ0n) is 17.0. The Kier molecular flexibility index (Phi) is 7.52. The average Bonchev–Trinajstić information content (AvgIpc) is 2.67. The molecule has 162 valence electrons. The number of carboxylic acids is 1. The van der Waals surface area contributed by atoms with Crippen LogP contribution >= 0.6 is 11.6 Å². The lowest BCUT2D eigenvalue weighted by molar-refractivity contribution is -0.136. The van der Waals surface area contributed by atoms with Gasteiger partial charge in [-0.05, 0) is 42.2 Å². The topological polar surface area (TPSA) is 77.9 Å². The molecule has 0 aliphatic carbocycles. The van der Waals surface area contributed by atoms with Gasteiger partial charge in [0.2, 0.25) is 10.0 Å². The first-order valence-electron chi connectivity index (χ1n) is 9.99. The van der Waals surface area contributed by atoms with Crippen LogP contribution in [0.4, 0.5) is 0 Å². The maximum Gasteiger partial charge on any atom is 0.303 e. The highest BCUT2D eigenvalue weighted by atomic mass is 35.5. The molecule has 0 aromatic heterocycles. The molecule has 0 spiro atoms. The third-order valence-corrected chi connectivity index (χ3v) is 7.56. The highest BCUT2D eigenvalue weighted by molar-refractivity contribution is 7.88. The van der Waals surface area contributed by atoms with Crippen molar-refractivity contribution < 1.29 is 18.3 Å². The predicted octanol–water partition coefficient (Wildman–Crippen LogP) is 3.39. The number of carbonyl (C=O) groups is 1. The molecule has 0 bridgehead atoms. The molecule has 1 fully saturated rings. The van der Waals surface area contributed by atoms with Crippen LogP contribution in [0.1, 0.15) is 30.0 Å². The van der Waals surface area contributed by atoms with Crippen molar-refractivity contribution in [2.75, 3.05) is 19.6 Å². The van der Waals surface area contributed by atoms with Crippen molar-refractivity contribution in [2.24, 2.45) is 0 Å². The van der Waals surface area contributed by atoms with Crippen molar-refractivity contribution >= 4 is 27.6 Å². The van der Waals surface area contributed by atoms with Gasteiger partial charge in [-0.15, -0.1) is 0 Å². The van der Waals surface area contributed by atoms with E-state index in [0.717, 1.165) is 16.7 Å². The molecule has 8 heteroatoms. The normalized spacial score (nSPS) is 18.4. The van der Waals surface area contributed by atoms with Crippen molar-refractivity contribution in [3.05, 3.63) is 70.2 Å². The first-order valence-corrected chi connectivity index (χ1v) is 12.0. The smallest absolute Gasteiger partial charge is 0.303 e. The summed E-state index contributed by atoms with van der Waals surface area (Å²) in [6.07, 6.45) is 0.513. The first-order chi connectivity index (χ1) is 14.2. The van der Waals surface area contributed by atoms with E-state index < -0.39 is 16.0 Å². The Hall–Kier alpha value is -1.93. The zero-order valence-corrected chi connectivity index (χ0v) is 18.6. The number of nitrogens with zero attached hydrogens (tertiary/aromatic N) is 2. The molecule has 2 aromatic rings. The van der Waals surface area contributed by atoms with Crippen LogP contribution in [-0.4, -0.2) is 54.4 Å². The second-order valence-electron chi connectivity index (χ2n) is 7.74. The molecule has 1 heterocycles. The number of hydrogen-bond donors (Lipinski definition) is 1. The molecule has 1 atom stereocenters. The number of halogens is 1. The predicted molar refractivity (Wildman–Crippen MR) is 118 cm³/mol. The molecule has 0 saturated carbocycles. The number of aliphatic carboxylic acids is 1. The fraction of sp³-hybridized carbons (Fsp3) is 0.409. The summed E-state index contributed by atoms with van der Waals surface area (Å²) >= 11 is 6.16. The van der Waals surface area contributed by atoms with Gasteiger partial charge in [0.15, 0.2) is 0 Å². The second-order valence-corrected chi connectivity index (χ2v) is 10.1. The fourth-order valence-corrected chi connectivity index (χ4v) is 5.86. The van der Waals surface area contributed by atoms with Gasteiger partial charge in [0.25, 0.3) is 0 Å². The van der Waals surface area contributed by atoms with Crippen molar-refractivity contribution in [1.82, 2.24) is 9.21 Å². The van der Waals surface area contributed by atoms with Gasteiger partial charge in [-0.3, -0.25) is 9.69 Å². The maximum absolute atomic E-state index is 12.9. The van der Waals surface area contributed by atoms with Gasteiger partial charge in [0.1, 0.15) is 0 Å². The molecule has 1 aliphatic rings. The van der Waals surface area contributed by atoms with E-state index in [1.807, 2.05) is 49.4 Å². The number of carboxylic acid groups (broad SMARTS) is 1. The lowest BCUT2D eigenvalue weighted by atomic mass is 10.0. The van der Waals surface area contributed by atoms with Gasteiger partial charge < -0.3 is 5.11 Å². The Morgan fingerprint density at radius 2 is 1.87 bits per heavy atom. The van der Waals surface area contributed by atoms with Crippen molar-refractivity contribution in [2.45, 2.75) is 38.1 Å². The van der Waals surface area contributed by atoms with Crippen molar-refractivity contribution in [1.29, 1.82) is 0 Å². The van der Waals surface area contributed by atoms with Gasteiger partial charge >= 0.3 is 5.97 Å². The van der Waals surface area contributed by atoms with Gasteiger partial charge in [-0.25, -0.2) is 8.42 Å². The van der Waals surface area contributed by atoms with Crippen LogP contribution in [0.15, 0.2) is 48.5 Å². The van der Waals surface area contributed by atoms with Crippen LogP contribution in [0.2, 0.25) is 5.02 Å². The van der Waals surface area contributed by atoms with Gasteiger partial charge in [0.05, 0.1) is 5.75 Å². The minimum atomic E-state index is -3.39. The minimum absolute atomic E-state index is 0.00576. The van der Waals surface area contributed by atoms with E-state index in [-0.39, 0.29) is 18.2 Å². The molecule has 1 N–H and O–H groups in total. The summed E-state index contributed by atoms with van der Waals surface area (Å²) in [5, 5.41) is 9.60. The Labute approximate surface area is 183 Å². The number of benzene rings is 2. The molecule has 30 heavy (non-hydrogen) atoms. The largest absolute Gasteiger partial charge is 0.481 e. The Bertz CT molecular complexity index is 982. The highest BCUT2D eigenvalue weighted by Crippen LogP contribution is 2.23. The molecule has 0 radical (unpaired) electrons. The Morgan fingerprint density at radius 1 is 1.13 bits per heavy atom. The summed E-state index contributed by atoms with van der Waals surface area (Å²) in [6.45, 7) is 4.20. The number of aryl methyl sites for hydroxylation is 1. The monoisotopic (exact) mass is 450 g/mol. The molecular formula is C22H27ClN2O4S. The quantitative estimate of drug-likeness (QED) is 0.667. The first kappa shape index (κ1) is 22.7. The second kappa shape index (κ2) is 9.92. The average molecular weight is 451 g/mol. The summed E-state index contributed by atoms with van der Waals surface area (Å²) < 4.78 is 27.4. The van der Waals surface area contributed by atoms with Gasteiger partial charge in [-0.2, -0.15) is 4.31 Å². The summed E-state index contributed by atoms with van der Waals surface area (Å²) in [6, 6.07) is 14.6. The van der Waals surface area contributed by atoms with E-state index in [0.29, 0.717) is 37.6 Å². The maximum atomic E-state index is 12.9. The lowest BCUT2D eigenvalue weighted by Gasteiger charge is -2.39. The highest BCUT2D eigenvalue weighted by Gasteiger charge is 2.32. The van der Waals surface area contributed by atoms with Crippen LogP contribution in [0.3, 0.4) is 0 Å². The van der Waals surface area contributed by atoms with Crippen molar-refractivity contribution in [3.63, 3.8) is 0 Å². The SMILES string of the molecule is C[C@H]1CN(Cc2cc(Cl)ccc2CCC(=O)O)CCN1S(=O)(=O)Cc1ccccc1. The summed E-state index contributed by atoms with van der Waals surface area (Å²) in [4.78, 5) is 13.1. The van der Waals surface area contributed by atoms with Crippen LogP contribution < -0.4 is 0 Å². The Morgan fingerprint density at radius 3 is 2.53 bits per heavy atom. The van der Waals surface area contributed by atoms with Gasteiger partial charge in [-0.1, -0.05) is 48.0 Å². The molecule has 6 nitrogen and oxygen atoms in total. The summed E-state index contributed by atoms with van der Waals surface area (Å²) in [5.74, 6) is -0.826. The van der Waals surface area contributed by atoms with E-state index in [9.17, 15) is 13.2 Å². The minimum Gasteiger partial charge on any atom is -0.481 e. The molecule has 0 amide bonds. The van der Waals surface area contributed by atoms with Crippen LogP contribution in [-0.2, 0) is 33.5 Å². The molecule has 3 rings (SSSR count). The zero-order chi connectivity index (χ0) is 21.7. The van der Waals surface area contributed by atoms with Crippen LogP contribution in [0.25, 0.3) is 0 Å². The number of piperazine rings is 1. The van der Waals surface area contributed by atoms with E-state index in [4.69, 9.17) is 16.7 Å². The van der Waals surface area contributed by atoms with Crippen molar-refractivity contribution in [3.8, 4) is 0 Å². The van der Waals surface area contributed by atoms with E-state index in [2.05, 4.69) is 4.90 Å². The standard InChI is InChI=1S/C22H27ClN2O4S/c1-17-14-24(15-20-13-21(23)9-7-19(20)8-10-22(26)27)11-12-25(17)30(28,29)16-18-5-3-2-4-6-18/h2-7,9,13,17H,8,10-12,14-16H2,1H3,(H,26,27)/t17-/m0/s1. The fourth-order valence-electron chi connectivity index (χ4n) is 3.91.